The Kier molecular flexibility index (Phi) is 5.48. The van der Waals surface area contributed by atoms with Crippen LogP contribution in [0.2, 0.25) is 0 Å². The number of hydrogen-bond donors (Lipinski definition) is 0. The van der Waals surface area contributed by atoms with Gasteiger partial charge in [0.25, 0.3) is 0 Å². The van der Waals surface area contributed by atoms with E-state index in [0.717, 1.165) is 0 Å². The van der Waals surface area contributed by atoms with Gasteiger partial charge >= 0.3 is 0 Å². The second-order valence-corrected chi connectivity index (χ2v) is 6.61. The molecule has 0 aliphatic carbocycles. The maximum atomic E-state index is 2.32. The molecule has 0 N–H and O–H groups in total. The molecular weight excluding hydrogens is 288 g/mol. The first kappa shape index (κ1) is 16.5. The predicted octanol–water partition coefficient (Wildman–Crippen LogP) is 6.77. The van der Waals surface area contributed by atoms with Crippen molar-refractivity contribution >= 4 is 0 Å². The molecule has 0 nitrogen and oxygen atoms in total. The fourth-order valence-corrected chi connectivity index (χ4v) is 3.49. The first-order chi connectivity index (χ1) is 11.8. The van der Waals surface area contributed by atoms with Crippen molar-refractivity contribution < 1.29 is 0 Å². The Morgan fingerprint density at radius 3 is 1.46 bits per heavy atom. The molecule has 0 aliphatic rings. The van der Waals surface area contributed by atoms with Gasteiger partial charge in [-0.3, -0.25) is 0 Å². The second-order valence-electron chi connectivity index (χ2n) is 6.61. The van der Waals surface area contributed by atoms with Gasteiger partial charge in [-0.05, 0) is 34.6 Å². The lowest BCUT2D eigenvalue weighted by atomic mass is 9.84. The van der Waals surface area contributed by atoms with Crippen molar-refractivity contribution in [2.24, 2.45) is 0 Å². The van der Waals surface area contributed by atoms with E-state index < -0.39 is 0 Å². The van der Waals surface area contributed by atoms with Crippen LogP contribution in [-0.4, -0.2) is 0 Å². The Labute approximate surface area is 146 Å². The molecule has 0 saturated heterocycles. The topological polar surface area (TPSA) is 0 Å². The summed E-state index contributed by atoms with van der Waals surface area (Å²) in [7, 11) is 0. The maximum absolute atomic E-state index is 2.32. The molecule has 0 aromatic heterocycles. The van der Waals surface area contributed by atoms with E-state index in [9.17, 15) is 0 Å². The van der Waals surface area contributed by atoms with Gasteiger partial charge in [0.15, 0.2) is 0 Å². The highest BCUT2D eigenvalue weighted by atomic mass is 14.2. The summed E-state index contributed by atoms with van der Waals surface area (Å²) in [6.45, 7) is 4.58. The largest absolute Gasteiger partial charge is 0.0654 e. The zero-order chi connectivity index (χ0) is 16.8. The van der Waals surface area contributed by atoms with Crippen molar-refractivity contribution in [3.8, 4) is 0 Å². The lowest BCUT2D eigenvalue weighted by Gasteiger charge is -2.20. The quantitative estimate of drug-likeness (QED) is 0.440. The van der Waals surface area contributed by atoms with Crippen LogP contribution < -0.4 is 0 Å². The van der Waals surface area contributed by atoms with Crippen LogP contribution in [0.3, 0.4) is 0 Å². The minimum absolute atomic E-state index is 0.294. The van der Waals surface area contributed by atoms with Crippen molar-refractivity contribution in [2.75, 3.05) is 0 Å². The summed E-state index contributed by atoms with van der Waals surface area (Å²) in [5.74, 6) is 0.930. The summed E-state index contributed by atoms with van der Waals surface area (Å²) in [6.07, 6.45) is 2.49. The van der Waals surface area contributed by atoms with E-state index in [1.807, 2.05) is 0 Å². The molecular formula is C24H26. The van der Waals surface area contributed by atoms with Gasteiger partial charge in [-0.25, -0.2) is 0 Å². The van der Waals surface area contributed by atoms with E-state index >= 15 is 0 Å². The van der Waals surface area contributed by atoms with Crippen LogP contribution in [0.15, 0.2) is 84.9 Å². The highest BCUT2D eigenvalue weighted by molar-refractivity contribution is 5.43. The van der Waals surface area contributed by atoms with E-state index in [-0.39, 0.29) is 0 Å². The second kappa shape index (κ2) is 7.97. The van der Waals surface area contributed by atoms with Crippen LogP contribution in [-0.2, 0) is 0 Å². The van der Waals surface area contributed by atoms with Crippen LogP contribution >= 0.6 is 0 Å². The third-order valence-electron chi connectivity index (χ3n) is 4.83. The van der Waals surface area contributed by atoms with Crippen LogP contribution in [0.5, 0.6) is 0 Å². The van der Waals surface area contributed by atoms with Crippen LogP contribution in [0, 0.1) is 0 Å². The SMILES string of the molecule is CCCC(C)c1ccc(C(c2ccccc2)c2ccccc2)cc1. The molecule has 122 valence electrons. The van der Waals surface area contributed by atoms with Crippen LogP contribution in [0.1, 0.15) is 60.8 Å². The zero-order valence-corrected chi connectivity index (χ0v) is 14.7. The molecule has 0 bridgehead atoms. The van der Waals surface area contributed by atoms with Gasteiger partial charge in [0.05, 0.1) is 0 Å². The number of rotatable bonds is 6. The summed E-state index contributed by atoms with van der Waals surface area (Å²) in [6, 6.07) is 30.8. The fraction of sp³-hybridized carbons (Fsp3) is 0.250. The minimum Gasteiger partial charge on any atom is -0.0654 e. The van der Waals surface area contributed by atoms with Crippen molar-refractivity contribution in [3.63, 3.8) is 0 Å². The predicted molar refractivity (Wildman–Crippen MR) is 104 cm³/mol. The van der Waals surface area contributed by atoms with Gasteiger partial charge < -0.3 is 0 Å². The monoisotopic (exact) mass is 314 g/mol. The number of hydrogen-bond acceptors (Lipinski definition) is 0. The van der Waals surface area contributed by atoms with Crippen molar-refractivity contribution in [1.82, 2.24) is 0 Å². The van der Waals surface area contributed by atoms with E-state index in [4.69, 9.17) is 0 Å². The lowest BCUT2D eigenvalue weighted by Crippen LogP contribution is -2.03. The Hall–Kier alpha value is -2.34. The summed E-state index contributed by atoms with van der Waals surface area (Å²) in [5.41, 5.74) is 5.50. The van der Waals surface area contributed by atoms with E-state index in [2.05, 4.69) is 98.8 Å². The standard InChI is InChI=1S/C24H26/c1-3-10-19(2)20-15-17-23(18-16-20)24(21-11-6-4-7-12-21)22-13-8-5-9-14-22/h4-9,11-19,24H,3,10H2,1-2H3. The maximum Gasteiger partial charge on any atom is 0.0339 e. The zero-order valence-electron chi connectivity index (χ0n) is 14.7. The Morgan fingerprint density at radius 1 is 0.583 bits per heavy atom. The average molecular weight is 314 g/mol. The molecule has 3 rings (SSSR count). The van der Waals surface area contributed by atoms with E-state index in [0.29, 0.717) is 11.8 Å². The average Bonchev–Trinajstić information content (AvgIpc) is 2.64. The van der Waals surface area contributed by atoms with Gasteiger partial charge in [-0.15, -0.1) is 0 Å². The van der Waals surface area contributed by atoms with Gasteiger partial charge in [0.1, 0.15) is 0 Å². The molecule has 1 unspecified atom stereocenters. The highest BCUT2D eigenvalue weighted by Crippen LogP contribution is 2.32. The van der Waals surface area contributed by atoms with Crippen molar-refractivity contribution in [3.05, 3.63) is 107 Å². The highest BCUT2D eigenvalue weighted by Gasteiger charge is 2.16. The molecule has 0 saturated carbocycles. The molecule has 24 heavy (non-hydrogen) atoms. The summed E-state index contributed by atoms with van der Waals surface area (Å²) in [5, 5.41) is 0. The fourth-order valence-electron chi connectivity index (χ4n) is 3.49. The molecule has 0 radical (unpaired) electrons. The first-order valence-corrected chi connectivity index (χ1v) is 8.99. The summed E-state index contributed by atoms with van der Waals surface area (Å²) >= 11 is 0. The molecule has 0 heteroatoms. The molecule has 1 atom stereocenters. The van der Waals surface area contributed by atoms with Crippen molar-refractivity contribution in [1.29, 1.82) is 0 Å². The van der Waals surface area contributed by atoms with Crippen LogP contribution in [0.25, 0.3) is 0 Å². The third-order valence-corrected chi connectivity index (χ3v) is 4.83. The smallest absolute Gasteiger partial charge is 0.0339 e. The third kappa shape index (κ3) is 3.76. The van der Waals surface area contributed by atoms with Crippen molar-refractivity contribution in [2.45, 2.75) is 38.5 Å². The Morgan fingerprint density at radius 2 is 1.00 bits per heavy atom. The molecule has 0 spiro atoms. The lowest BCUT2D eigenvalue weighted by molar-refractivity contribution is 0.664. The molecule has 3 aromatic carbocycles. The van der Waals surface area contributed by atoms with Gasteiger partial charge in [0.2, 0.25) is 0 Å². The molecule has 3 aromatic rings. The Bertz CT molecular complexity index is 687. The van der Waals surface area contributed by atoms with Crippen LogP contribution in [0.4, 0.5) is 0 Å². The first-order valence-electron chi connectivity index (χ1n) is 8.99. The van der Waals surface area contributed by atoms with E-state index in [1.165, 1.54) is 35.1 Å². The molecule has 0 aliphatic heterocycles. The van der Waals surface area contributed by atoms with Gasteiger partial charge in [-0.1, -0.05) is 105 Å². The van der Waals surface area contributed by atoms with Gasteiger partial charge in [0, 0.05) is 5.92 Å². The summed E-state index contributed by atoms with van der Waals surface area (Å²) < 4.78 is 0. The van der Waals surface area contributed by atoms with Gasteiger partial charge in [-0.2, -0.15) is 0 Å². The molecule has 0 fully saturated rings. The normalized spacial score (nSPS) is 12.3. The Balaban J connectivity index is 1.97. The summed E-state index contributed by atoms with van der Waals surface area (Å²) in [4.78, 5) is 0. The van der Waals surface area contributed by atoms with E-state index in [1.54, 1.807) is 0 Å². The molecule has 0 heterocycles. The molecule has 0 amide bonds. The number of benzene rings is 3. The minimum atomic E-state index is 0.294.